The highest BCUT2D eigenvalue weighted by molar-refractivity contribution is 8.01. The van der Waals surface area contributed by atoms with Gasteiger partial charge in [0.25, 0.3) is 11.1 Å². The van der Waals surface area contributed by atoms with Crippen molar-refractivity contribution >= 4 is 72.4 Å². The molecular formula is C29H30N4O3S4. The number of aromatic nitrogens is 4. The highest BCUT2D eigenvalue weighted by Crippen LogP contribution is 2.36. The minimum absolute atomic E-state index is 0.00931. The lowest BCUT2D eigenvalue weighted by Crippen LogP contribution is -2.24. The van der Waals surface area contributed by atoms with Crippen LogP contribution in [0.3, 0.4) is 0 Å². The smallest absolute Gasteiger partial charge is 0.263 e. The van der Waals surface area contributed by atoms with Crippen LogP contribution in [0.2, 0.25) is 0 Å². The third-order valence-electron chi connectivity index (χ3n) is 7.43. The monoisotopic (exact) mass is 610 g/mol. The second-order valence-electron chi connectivity index (χ2n) is 10.1. The largest absolute Gasteiger partial charge is 0.298 e. The van der Waals surface area contributed by atoms with E-state index in [-0.39, 0.29) is 28.4 Å². The fourth-order valence-corrected chi connectivity index (χ4v) is 10.0. The van der Waals surface area contributed by atoms with Crippen LogP contribution in [-0.4, -0.2) is 36.4 Å². The lowest BCUT2D eigenvalue weighted by atomic mass is 9.97. The molecule has 11 heteroatoms. The molecule has 2 aliphatic rings. The van der Waals surface area contributed by atoms with Crippen LogP contribution in [0.15, 0.2) is 45.2 Å². The molecule has 0 unspecified atom stereocenters. The zero-order valence-electron chi connectivity index (χ0n) is 22.2. The van der Waals surface area contributed by atoms with E-state index in [4.69, 9.17) is 9.97 Å². The number of rotatable bonds is 10. The zero-order valence-corrected chi connectivity index (χ0v) is 25.5. The Labute approximate surface area is 248 Å². The maximum Gasteiger partial charge on any atom is 0.263 e. The van der Waals surface area contributed by atoms with Gasteiger partial charge < -0.3 is 0 Å². The third-order valence-corrected chi connectivity index (χ3v) is 11.9. The van der Waals surface area contributed by atoms with Gasteiger partial charge in [0, 0.05) is 22.8 Å². The van der Waals surface area contributed by atoms with Crippen LogP contribution < -0.4 is 11.1 Å². The summed E-state index contributed by atoms with van der Waals surface area (Å²) >= 11 is 5.81. The summed E-state index contributed by atoms with van der Waals surface area (Å²) in [5.74, 6) is 0.341. The van der Waals surface area contributed by atoms with Gasteiger partial charge in [-0.1, -0.05) is 35.7 Å². The van der Waals surface area contributed by atoms with E-state index in [1.54, 1.807) is 44.0 Å². The molecule has 0 fully saturated rings. The lowest BCUT2D eigenvalue weighted by Gasteiger charge is -2.13. The summed E-state index contributed by atoms with van der Waals surface area (Å²) in [4.78, 5) is 53.7. The number of aryl methyl sites for hydroxylation is 4. The van der Waals surface area contributed by atoms with E-state index in [1.807, 2.05) is 0 Å². The minimum Gasteiger partial charge on any atom is -0.298 e. The van der Waals surface area contributed by atoms with Gasteiger partial charge >= 0.3 is 0 Å². The summed E-state index contributed by atoms with van der Waals surface area (Å²) in [6.07, 6.45) is 11.7. The van der Waals surface area contributed by atoms with Crippen molar-refractivity contribution in [2.45, 2.75) is 74.8 Å². The Kier molecular flexibility index (Phi) is 8.16. The highest BCUT2D eigenvalue weighted by atomic mass is 32.2. The number of thiophene rings is 2. The number of carbonyl (C=O) groups excluding carboxylic acids is 1. The predicted molar refractivity (Wildman–Crippen MR) is 168 cm³/mol. The molecular weight excluding hydrogens is 581 g/mol. The molecule has 4 aromatic rings. The van der Waals surface area contributed by atoms with E-state index in [0.717, 1.165) is 82.9 Å². The summed E-state index contributed by atoms with van der Waals surface area (Å²) in [7, 11) is 0. The molecule has 7 nitrogen and oxygen atoms in total. The fraction of sp³-hybridized carbons (Fsp3) is 0.414. The number of Topliss-reactive ketones (excluding diaryl/α,β-unsaturated/α-hetero) is 1. The number of hydrogen-bond donors (Lipinski definition) is 0. The van der Waals surface area contributed by atoms with E-state index < -0.39 is 0 Å². The molecule has 0 saturated heterocycles. The summed E-state index contributed by atoms with van der Waals surface area (Å²) < 4.78 is 3.27. The van der Waals surface area contributed by atoms with Crippen LogP contribution >= 0.6 is 46.2 Å². The van der Waals surface area contributed by atoms with E-state index in [1.165, 1.54) is 33.3 Å². The molecule has 40 heavy (non-hydrogen) atoms. The van der Waals surface area contributed by atoms with Gasteiger partial charge in [0.15, 0.2) is 16.1 Å². The van der Waals surface area contributed by atoms with Crippen LogP contribution in [0.1, 0.15) is 46.6 Å². The molecule has 0 radical (unpaired) electrons. The van der Waals surface area contributed by atoms with Crippen LogP contribution in [0.4, 0.5) is 0 Å². The number of allylic oxidation sites excluding steroid dienone is 2. The van der Waals surface area contributed by atoms with Crippen LogP contribution in [0, 0.1) is 0 Å². The number of hydrogen-bond acceptors (Lipinski definition) is 9. The average Bonchev–Trinajstić information content (AvgIpc) is 3.52. The predicted octanol–water partition coefficient (Wildman–Crippen LogP) is 5.81. The molecule has 4 heterocycles. The highest BCUT2D eigenvalue weighted by Gasteiger charge is 2.24. The van der Waals surface area contributed by atoms with Gasteiger partial charge in [0.2, 0.25) is 0 Å². The molecule has 208 valence electrons. The standard InChI is InChI=1S/C29H30N4O3S4/c1-3-13-32-26(35)22-18-9-5-7-11-20(18)39-24(22)30-28(32)37-15-17(34)16-38-29-31-25-23(27(36)33(29)14-4-2)19-10-6-8-12-21(19)40-25/h3-4H,1-2,5-16H2. The number of fused-ring (bicyclic) bond motifs is 6. The van der Waals surface area contributed by atoms with Crippen molar-refractivity contribution in [1.82, 2.24) is 19.1 Å². The van der Waals surface area contributed by atoms with Crippen molar-refractivity contribution in [2.75, 3.05) is 11.5 Å². The normalized spacial score (nSPS) is 14.8. The number of carbonyl (C=O) groups is 1. The van der Waals surface area contributed by atoms with Gasteiger partial charge in [-0.2, -0.15) is 0 Å². The van der Waals surface area contributed by atoms with Gasteiger partial charge in [0.05, 0.1) is 22.3 Å². The van der Waals surface area contributed by atoms with Crippen molar-refractivity contribution in [3.05, 3.63) is 66.9 Å². The van der Waals surface area contributed by atoms with Gasteiger partial charge in [-0.3, -0.25) is 23.5 Å². The molecule has 0 saturated carbocycles. The van der Waals surface area contributed by atoms with Crippen molar-refractivity contribution in [1.29, 1.82) is 0 Å². The Morgan fingerprint density at radius 1 is 0.750 bits per heavy atom. The first-order chi connectivity index (χ1) is 19.5. The van der Waals surface area contributed by atoms with Gasteiger partial charge in [-0.15, -0.1) is 35.8 Å². The molecule has 0 aromatic carbocycles. The Bertz CT molecular complexity index is 1650. The number of nitrogens with zero attached hydrogens (tertiary/aromatic N) is 4. The fourth-order valence-electron chi connectivity index (χ4n) is 5.57. The molecule has 0 N–H and O–H groups in total. The quantitative estimate of drug-likeness (QED) is 0.127. The summed E-state index contributed by atoms with van der Waals surface area (Å²) in [5.41, 5.74) is 2.23. The maximum absolute atomic E-state index is 13.5. The summed E-state index contributed by atoms with van der Waals surface area (Å²) in [5, 5.41) is 2.57. The Hall–Kier alpha value is -2.47. The Morgan fingerprint density at radius 3 is 1.60 bits per heavy atom. The maximum atomic E-state index is 13.5. The second-order valence-corrected chi connectivity index (χ2v) is 14.1. The summed E-state index contributed by atoms with van der Waals surface area (Å²) in [6.45, 7) is 8.33. The molecule has 0 amide bonds. The molecule has 0 aliphatic heterocycles. The van der Waals surface area contributed by atoms with Crippen molar-refractivity contribution in [3.8, 4) is 0 Å². The van der Waals surface area contributed by atoms with Crippen LogP contribution in [0.5, 0.6) is 0 Å². The Balaban J connectivity index is 1.22. The minimum atomic E-state index is -0.0433. The van der Waals surface area contributed by atoms with E-state index in [9.17, 15) is 14.4 Å². The van der Waals surface area contributed by atoms with Gasteiger partial charge in [0.1, 0.15) is 9.66 Å². The zero-order chi connectivity index (χ0) is 27.8. The topological polar surface area (TPSA) is 86.8 Å². The first-order valence-corrected chi connectivity index (χ1v) is 17.2. The lowest BCUT2D eigenvalue weighted by molar-refractivity contribution is -0.114. The molecule has 6 rings (SSSR count). The van der Waals surface area contributed by atoms with E-state index in [2.05, 4.69) is 13.2 Å². The molecule has 2 aliphatic carbocycles. The summed E-state index contributed by atoms with van der Waals surface area (Å²) in [6, 6.07) is 0. The van der Waals surface area contributed by atoms with E-state index >= 15 is 0 Å². The third kappa shape index (κ3) is 5.06. The SMILES string of the molecule is C=CCn1c(SCC(=O)CSc2nc3sc4c(c3c(=O)n2CC=C)CCCC4)nc2sc3c(c2c1=O)CCCC3. The van der Waals surface area contributed by atoms with Crippen LogP contribution in [-0.2, 0) is 43.6 Å². The first kappa shape index (κ1) is 27.7. The molecule has 0 bridgehead atoms. The molecule has 0 spiro atoms. The second kappa shape index (κ2) is 11.8. The molecule has 4 aromatic heterocycles. The number of ketones is 1. The number of thioether (sulfide) groups is 2. The average molecular weight is 611 g/mol. The molecule has 0 atom stereocenters. The van der Waals surface area contributed by atoms with Gasteiger partial charge in [-0.25, -0.2) is 9.97 Å². The Morgan fingerprint density at radius 2 is 1.18 bits per heavy atom. The van der Waals surface area contributed by atoms with Crippen LogP contribution in [0.25, 0.3) is 20.4 Å². The van der Waals surface area contributed by atoms with E-state index in [0.29, 0.717) is 23.4 Å². The first-order valence-electron chi connectivity index (χ1n) is 13.6. The van der Waals surface area contributed by atoms with Gasteiger partial charge in [-0.05, 0) is 62.5 Å². The van der Waals surface area contributed by atoms with Crippen molar-refractivity contribution in [2.24, 2.45) is 0 Å². The van der Waals surface area contributed by atoms with Crippen molar-refractivity contribution in [3.63, 3.8) is 0 Å². The van der Waals surface area contributed by atoms with Crippen molar-refractivity contribution < 1.29 is 4.79 Å².